The Kier molecular flexibility index (Phi) is 5.80. The summed E-state index contributed by atoms with van der Waals surface area (Å²) >= 11 is 0. The summed E-state index contributed by atoms with van der Waals surface area (Å²) in [5.41, 5.74) is 3.24. The molecule has 0 radical (unpaired) electrons. The number of aromatic nitrogens is 2. The number of amides is 1. The van der Waals surface area contributed by atoms with Crippen molar-refractivity contribution in [1.82, 2.24) is 9.78 Å². The van der Waals surface area contributed by atoms with Crippen molar-refractivity contribution in [3.63, 3.8) is 0 Å². The fraction of sp³-hybridized carbons (Fsp3) is 0.0400. The van der Waals surface area contributed by atoms with Crippen LogP contribution in [-0.2, 0) is 11.3 Å². The van der Waals surface area contributed by atoms with Gasteiger partial charge < -0.3 is 5.32 Å². The zero-order valence-corrected chi connectivity index (χ0v) is 16.2. The van der Waals surface area contributed by atoms with E-state index in [1.165, 1.54) is 12.1 Å². The molecule has 0 saturated heterocycles. The van der Waals surface area contributed by atoms with Crippen LogP contribution in [0, 0.1) is 5.82 Å². The molecule has 3 aromatic carbocycles. The first-order valence-electron chi connectivity index (χ1n) is 9.59. The van der Waals surface area contributed by atoms with E-state index in [9.17, 15) is 9.18 Å². The first-order chi connectivity index (χ1) is 14.7. The largest absolute Gasteiger partial charge is 0.305 e. The number of nitrogens with zero attached hydrogens (tertiary/aromatic N) is 2. The van der Waals surface area contributed by atoms with Gasteiger partial charge in [-0.25, -0.2) is 4.39 Å². The van der Waals surface area contributed by atoms with Crippen molar-refractivity contribution in [1.29, 1.82) is 0 Å². The number of halogens is 1. The highest BCUT2D eigenvalue weighted by molar-refractivity contribution is 6.29. The predicted molar refractivity (Wildman–Crippen MR) is 117 cm³/mol. The Morgan fingerprint density at radius 2 is 1.57 bits per heavy atom. The Morgan fingerprint density at radius 1 is 0.900 bits per heavy atom. The van der Waals surface area contributed by atoms with E-state index >= 15 is 0 Å². The average molecular weight is 397 g/mol. The van der Waals surface area contributed by atoms with Gasteiger partial charge in [-0.05, 0) is 34.9 Å². The summed E-state index contributed by atoms with van der Waals surface area (Å²) in [6, 6.07) is 27.2. The summed E-state index contributed by atoms with van der Waals surface area (Å²) in [4.78, 5) is 13.1. The summed E-state index contributed by atoms with van der Waals surface area (Å²) < 4.78 is 14.8. The second kappa shape index (κ2) is 9.01. The van der Waals surface area contributed by atoms with Gasteiger partial charge >= 0.3 is 0 Å². The molecule has 0 fully saturated rings. The lowest BCUT2D eigenvalue weighted by Crippen LogP contribution is -2.14. The molecule has 0 aliphatic carbocycles. The lowest BCUT2D eigenvalue weighted by Gasteiger charge is -2.08. The molecule has 0 bridgehead atoms. The maximum Gasteiger partial charge on any atom is 0.257 e. The number of carbonyl (C=O) groups is 1. The fourth-order valence-corrected chi connectivity index (χ4v) is 3.09. The Balaban J connectivity index is 1.54. The van der Waals surface area contributed by atoms with Gasteiger partial charge in [-0.3, -0.25) is 9.48 Å². The van der Waals surface area contributed by atoms with Crippen LogP contribution < -0.4 is 5.32 Å². The maximum absolute atomic E-state index is 13.1. The molecule has 0 aliphatic rings. The van der Waals surface area contributed by atoms with Gasteiger partial charge in [0.15, 0.2) is 5.82 Å². The van der Waals surface area contributed by atoms with E-state index in [4.69, 9.17) is 0 Å². The van der Waals surface area contributed by atoms with Crippen LogP contribution in [0.15, 0.2) is 97.2 Å². The van der Waals surface area contributed by atoms with Crippen LogP contribution in [-0.4, -0.2) is 15.7 Å². The molecule has 5 heteroatoms. The Bertz CT molecular complexity index is 1150. The lowest BCUT2D eigenvalue weighted by molar-refractivity contribution is -0.111. The number of rotatable bonds is 6. The van der Waals surface area contributed by atoms with E-state index in [0.717, 1.165) is 16.7 Å². The average Bonchev–Trinajstić information content (AvgIpc) is 3.21. The van der Waals surface area contributed by atoms with E-state index in [-0.39, 0.29) is 11.7 Å². The number of carbonyl (C=O) groups excluding carboxylic acids is 1. The normalized spacial score (nSPS) is 11.3. The van der Waals surface area contributed by atoms with Gasteiger partial charge in [-0.2, -0.15) is 5.10 Å². The molecular formula is C25H20FN3O. The van der Waals surface area contributed by atoms with Crippen LogP contribution in [0.5, 0.6) is 0 Å². The van der Waals surface area contributed by atoms with Crippen LogP contribution >= 0.6 is 0 Å². The molecule has 0 aliphatic heterocycles. The highest BCUT2D eigenvalue weighted by Gasteiger charge is 2.14. The molecule has 1 heterocycles. The third-order valence-electron chi connectivity index (χ3n) is 4.58. The molecule has 1 N–H and O–H groups in total. The van der Waals surface area contributed by atoms with Crippen LogP contribution in [0.3, 0.4) is 0 Å². The van der Waals surface area contributed by atoms with E-state index in [0.29, 0.717) is 17.9 Å². The molecule has 148 valence electrons. The van der Waals surface area contributed by atoms with Gasteiger partial charge in [-0.15, -0.1) is 0 Å². The molecule has 0 unspecified atom stereocenters. The van der Waals surface area contributed by atoms with Gasteiger partial charge in [0.05, 0.1) is 6.54 Å². The first kappa shape index (κ1) is 19.3. The van der Waals surface area contributed by atoms with E-state index in [1.54, 1.807) is 29.1 Å². The molecule has 4 rings (SSSR count). The standard InChI is InChI=1S/C25H20FN3O/c26-22-13-11-20(12-14-22)18-29-16-15-24(28-29)27-25(30)23(21-9-5-2-6-10-21)17-19-7-3-1-4-8-19/h1-17H,18H2,(H,27,28,30)/b23-17-. The Hall–Kier alpha value is -3.99. The van der Waals surface area contributed by atoms with Gasteiger partial charge in [0, 0.05) is 17.8 Å². The van der Waals surface area contributed by atoms with Crippen molar-refractivity contribution in [3.05, 3.63) is 120 Å². The molecule has 0 saturated carbocycles. The highest BCUT2D eigenvalue weighted by Crippen LogP contribution is 2.20. The quantitative estimate of drug-likeness (QED) is 0.357. The first-order valence-corrected chi connectivity index (χ1v) is 9.59. The summed E-state index contributed by atoms with van der Waals surface area (Å²) in [7, 11) is 0. The number of hydrogen-bond acceptors (Lipinski definition) is 2. The minimum atomic E-state index is -0.272. The summed E-state index contributed by atoms with van der Waals surface area (Å²) in [6.07, 6.45) is 3.64. The Morgan fingerprint density at radius 3 is 2.27 bits per heavy atom. The highest BCUT2D eigenvalue weighted by atomic mass is 19.1. The van der Waals surface area contributed by atoms with Crippen molar-refractivity contribution in [2.24, 2.45) is 0 Å². The van der Waals surface area contributed by atoms with Crippen molar-refractivity contribution >= 4 is 23.4 Å². The topological polar surface area (TPSA) is 46.9 Å². The Labute approximate surface area is 174 Å². The van der Waals surface area contributed by atoms with Crippen LogP contribution in [0.2, 0.25) is 0 Å². The number of hydrogen-bond donors (Lipinski definition) is 1. The minimum absolute atomic E-state index is 0.239. The van der Waals surface area contributed by atoms with Crippen LogP contribution in [0.4, 0.5) is 10.2 Å². The van der Waals surface area contributed by atoms with Gasteiger partial charge in [0.1, 0.15) is 5.82 Å². The number of nitrogens with one attached hydrogen (secondary N) is 1. The maximum atomic E-state index is 13.1. The van der Waals surface area contributed by atoms with E-state index in [2.05, 4.69) is 10.4 Å². The van der Waals surface area contributed by atoms with E-state index < -0.39 is 0 Å². The SMILES string of the molecule is O=C(Nc1ccn(Cc2ccc(F)cc2)n1)/C(=C\c1ccccc1)c1ccccc1. The number of anilines is 1. The molecule has 30 heavy (non-hydrogen) atoms. The third kappa shape index (κ3) is 4.89. The molecule has 4 nitrogen and oxygen atoms in total. The monoisotopic (exact) mass is 397 g/mol. The van der Waals surface area contributed by atoms with Crippen LogP contribution in [0.1, 0.15) is 16.7 Å². The van der Waals surface area contributed by atoms with Crippen LogP contribution in [0.25, 0.3) is 11.6 Å². The van der Waals surface area contributed by atoms with Gasteiger partial charge in [0.2, 0.25) is 0 Å². The van der Waals surface area contributed by atoms with Crippen molar-refractivity contribution < 1.29 is 9.18 Å². The zero-order valence-electron chi connectivity index (χ0n) is 16.2. The van der Waals surface area contributed by atoms with Gasteiger partial charge in [0.25, 0.3) is 5.91 Å². The second-order valence-electron chi connectivity index (χ2n) is 6.81. The summed E-state index contributed by atoms with van der Waals surface area (Å²) in [5, 5.41) is 7.29. The predicted octanol–water partition coefficient (Wildman–Crippen LogP) is 5.25. The van der Waals surface area contributed by atoms with Crippen molar-refractivity contribution in [2.45, 2.75) is 6.54 Å². The third-order valence-corrected chi connectivity index (χ3v) is 4.58. The summed E-state index contributed by atoms with van der Waals surface area (Å²) in [5.74, 6) is -0.0556. The van der Waals surface area contributed by atoms with Gasteiger partial charge in [-0.1, -0.05) is 72.8 Å². The van der Waals surface area contributed by atoms with Crippen molar-refractivity contribution in [2.75, 3.05) is 5.32 Å². The van der Waals surface area contributed by atoms with Crippen molar-refractivity contribution in [3.8, 4) is 0 Å². The minimum Gasteiger partial charge on any atom is -0.305 e. The smallest absolute Gasteiger partial charge is 0.257 e. The second-order valence-corrected chi connectivity index (χ2v) is 6.81. The molecule has 1 aromatic heterocycles. The molecule has 0 atom stereocenters. The summed E-state index contributed by atoms with van der Waals surface area (Å²) in [6.45, 7) is 0.488. The molecular weight excluding hydrogens is 377 g/mol. The molecule has 0 spiro atoms. The molecule has 1 amide bonds. The zero-order chi connectivity index (χ0) is 20.8. The molecule has 4 aromatic rings. The lowest BCUT2D eigenvalue weighted by atomic mass is 10.0. The fourth-order valence-electron chi connectivity index (χ4n) is 3.09. The number of benzene rings is 3. The van der Waals surface area contributed by atoms with E-state index in [1.807, 2.05) is 66.7 Å².